The molecule has 0 aromatic heterocycles. The number of hydrogen-bond acceptors (Lipinski definition) is 0. The number of hydrogen-bond donors (Lipinski definition) is 0. The Morgan fingerprint density at radius 2 is 1.83 bits per heavy atom. The molecule has 0 spiro atoms. The van der Waals surface area contributed by atoms with E-state index in [1.54, 1.807) is 0 Å². The lowest BCUT2D eigenvalue weighted by molar-refractivity contribution is 0.406. The molecule has 1 heteroatoms. The highest BCUT2D eigenvalue weighted by molar-refractivity contribution is 6.21. The minimum absolute atomic E-state index is 0.204. The number of halogens is 1. The molecule has 0 aliphatic heterocycles. The molecule has 1 fully saturated rings. The first-order valence-corrected chi connectivity index (χ1v) is 7.74. The molecule has 3 unspecified atom stereocenters. The van der Waals surface area contributed by atoms with Gasteiger partial charge in [-0.3, -0.25) is 0 Å². The van der Waals surface area contributed by atoms with Gasteiger partial charge in [-0.15, -0.1) is 11.6 Å². The molecule has 100 valence electrons. The van der Waals surface area contributed by atoms with Crippen LogP contribution >= 0.6 is 11.6 Å². The van der Waals surface area contributed by atoms with Gasteiger partial charge in [0.05, 0.1) is 5.38 Å². The van der Waals surface area contributed by atoms with Gasteiger partial charge in [0.1, 0.15) is 0 Å². The Hall–Kier alpha value is -0.490. The predicted molar refractivity (Wildman–Crippen MR) is 80.1 cm³/mol. The Kier molecular flexibility index (Phi) is 4.72. The third-order valence-electron chi connectivity index (χ3n) is 4.25. The first kappa shape index (κ1) is 13.9. The summed E-state index contributed by atoms with van der Waals surface area (Å²) >= 11 is 6.67. The van der Waals surface area contributed by atoms with E-state index >= 15 is 0 Å². The van der Waals surface area contributed by atoms with Gasteiger partial charge in [-0.2, -0.15) is 0 Å². The Balaban J connectivity index is 2.04. The van der Waals surface area contributed by atoms with Crippen molar-refractivity contribution in [1.82, 2.24) is 0 Å². The predicted octanol–water partition coefficient (Wildman–Crippen LogP) is 5.60. The van der Waals surface area contributed by atoms with Crippen molar-refractivity contribution in [2.24, 2.45) is 17.8 Å². The highest BCUT2D eigenvalue weighted by atomic mass is 35.5. The third-order valence-corrected chi connectivity index (χ3v) is 4.82. The van der Waals surface area contributed by atoms with Gasteiger partial charge in [0, 0.05) is 0 Å². The van der Waals surface area contributed by atoms with Gasteiger partial charge < -0.3 is 0 Å². The smallest absolute Gasteiger partial charge is 0.0615 e. The molecule has 3 atom stereocenters. The van der Waals surface area contributed by atoms with E-state index in [1.807, 2.05) is 0 Å². The van der Waals surface area contributed by atoms with Crippen LogP contribution in [0.3, 0.4) is 0 Å². The number of alkyl halides is 1. The fraction of sp³-hybridized carbons (Fsp3) is 0.647. The topological polar surface area (TPSA) is 0 Å². The van der Waals surface area contributed by atoms with Crippen LogP contribution < -0.4 is 0 Å². The van der Waals surface area contributed by atoms with Crippen molar-refractivity contribution in [2.45, 2.75) is 51.8 Å². The molecule has 0 bridgehead atoms. The molecule has 1 aliphatic carbocycles. The van der Waals surface area contributed by atoms with E-state index < -0.39 is 0 Å². The van der Waals surface area contributed by atoms with Crippen molar-refractivity contribution in [1.29, 1.82) is 0 Å². The Bertz CT molecular complexity index is 366. The monoisotopic (exact) mass is 264 g/mol. The summed E-state index contributed by atoms with van der Waals surface area (Å²) in [5, 5.41) is 0.204. The standard InChI is InChI=1S/C17H25Cl/c1-12(2)11-14-7-9-15(10-8-14)17(18)16-6-4-5-13(16)3/h7-10,12-13,16-17H,4-6,11H2,1-3H3. The summed E-state index contributed by atoms with van der Waals surface area (Å²) < 4.78 is 0. The molecular weight excluding hydrogens is 240 g/mol. The lowest BCUT2D eigenvalue weighted by Gasteiger charge is -2.22. The van der Waals surface area contributed by atoms with Crippen molar-refractivity contribution < 1.29 is 0 Å². The lowest BCUT2D eigenvalue weighted by atomic mass is 9.90. The number of rotatable bonds is 4. The SMILES string of the molecule is CC(C)Cc1ccc(C(Cl)C2CCCC2C)cc1. The molecule has 1 aliphatic rings. The Morgan fingerprint density at radius 3 is 2.33 bits per heavy atom. The molecule has 0 N–H and O–H groups in total. The maximum absolute atomic E-state index is 6.67. The molecule has 0 amide bonds. The molecule has 1 saturated carbocycles. The van der Waals surface area contributed by atoms with Crippen LogP contribution in [-0.2, 0) is 6.42 Å². The molecule has 1 aromatic carbocycles. The molecule has 0 radical (unpaired) electrons. The summed E-state index contributed by atoms with van der Waals surface area (Å²) in [6.07, 6.45) is 5.15. The van der Waals surface area contributed by atoms with E-state index in [4.69, 9.17) is 11.6 Å². The lowest BCUT2D eigenvalue weighted by Crippen LogP contribution is -2.11. The van der Waals surface area contributed by atoms with Crippen molar-refractivity contribution >= 4 is 11.6 Å². The van der Waals surface area contributed by atoms with E-state index in [-0.39, 0.29) is 5.38 Å². The first-order valence-electron chi connectivity index (χ1n) is 7.31. The minimum Gasteiger partial charge on any atom is -0.118 e. The van der Waals surface area contributed by atoms with Gasteiger partial charge in [-0.05, 0) is 41.7 Å². The van der Waals surface area contributed by atoms with Crippen molar-refractivity contribution in [2.75, 3.05) is 0 Å². The summed E-state index contributed by atoms with van der Waals surface area (Å²) in [5.41, 5.74) is 2.74. The maximum Gasteiger partial charge on any atom is 0.0615 e. The summed E-state index contributed by atoms with van der Waals surface area (Å²) in [7, 11) is 0. The molecule has 1 aromatic rings. The van der Waals surface area contributed by atoms with Gasteiger partial charge >= 0.3 is 0 Å². The zero-order chi connectivity index (χ0) is 13.1. The van der Waals surface area contributed by atoms with Crippen LogP contribution in [-0.4, -0.2) is 0 Å². The van der Waals surface area contributed by atoms with E-state index in [0.717, 1.165) is 18.3 Å². The molecule has 2 rings (SSSR count). The highest BCUT2D eigenvalue weighted by Gasteiger charge is 2.30. The average Bonchev–Trinajstić information content (AvgIpc) is 2.75. The van der Waals surface area contributed by atoms with Crippen molar-refractivity contribution in [3.63, 3.8) is 0 Å². The second kappa shape index (κ2) is 6.10. The van der Waals surface area contributed by atoms with Crippen LogP contribution in [0.25, 0.3) is 0 Å². The van der Waals surface area contributed by atoms with Crippen molar-refractivity contribution in [3.8, 4) is 0 Å². The molecule has 0 nitrogen and oxygen atoms in total. The fourth-order valence-electron chi connectivity index (χ4n) is 3.17. The number of benzene rings is 1. The summed E-state index contributed by atoms with van der Waals surface area (Å²) in [6, 6.07) is 8.98. The van der Waals surface area contributed by atoms with Gasteiger partial charge in [-0.1, -0.05) is 57.9 Å². The Labute approximate surface area is 117 Å². The van der Waals surface area contributed by atoms with Crippen LogP contribution in [0.4, 0.5) is 0 Å². The van der Waals surface area contributed by atoms with Crippen LogP contribution in [0.5, 0.6) is 0 Å². The van der Waals surface area contributed by atoms with Crippen molar-refractivity contribution in [3.05, 3.63) is 35.4 Å². The quantitative estimate of drug-likeness (QED) is 0.621. The maximum atomic E-state index is 6.67. The zero-order valence-corrected chi connectivity index (χ0v) is 12.6. The van der Waals surface area contributed by atoms with Crippen LogP contribution in [0, 0.1) is 17.8 Å². The first-order chi connectivity index (χ1) is 8.58. The van der Waals surface area contributed by atoms with E-state index in [0.29, 0.717) is 5.92 Å². The van der Waals surface area contributed by atoms with Gasteiger partial charge in [-0.25, -0.2) is 0 Å². The van der Waals surface area contributed by atoms with Crippen LogP contribution in [0.15, 0.2) is 24.3 Å². The minimum atomic E-state index is 0.204. The molecular formula is C17H25Cl. The van der Waals surface area contributed by atoms with Crippen LogP contribution in [0.2, 0.25) is 0 Å². The summed E-state index contributed by atoms with van der Waals surface area (Å²) in [4.78, 5) is 0. The summed E-state index contributed by atoms with van der Waals surface area (Å²) in [6.45, 7) is 6.87. The average molecular weight is 265 g/mol. The van der Waals surface area contributed by atoms with E-state index in [1.165, 1.54) is 30.4 Å². The zero-order valence-electron chi connectivity index (χ0n) is 11.8. The third kappa shape index (κ3) is 3.29. The van der Waals surface area contributed by atoms with Gasteiger partial charge in [0.25, 0.3) is 0 Å². The Morgan fingerprint density at radius 1 is 1.17 bits per heavy atom. The summed E-state index contributed by atoms with van der Waals surface area (Å²) in [5.74, 6) is 2.17. The molecule has 0 heterocycles. The molecule has 18 heavy (non-hydrogen) atoms. The largest absolute Gasteiger partial charge is 0.118 e. The van der Waals surface area contributed by atoms with Gasteiger partial charge in [0.2, 0.25) is 0 Å². The van der Waals surface area contributed by atoms with Crippen LogP contribution in [0.1, 0.15) is 56.5 Å². The van der Waals surface area contributed by atoms with E-state index in [2.05, 4.69) is 45.0 Å². The molecule has 0 saturated heterocycles. The second-order valence-corrected chi connectivity index (χ2v) is 6.78. The normalized spacial score (nSPS) is 25.6. The van der Waals surface area contributed by atoms with E-state index in [9.17, 15) is 0 Å². The van der Waals surface area contributed by atoms with Gasteiger partial charge in [0.15, 0.2) is 0 Å². The fourth-order valence-corrected chi connectivity index (χ4v) is 3.68. The second-order valence-electron chi connectivity index (χ2n) is 6.31. The highest BCUT2D eigenvalue weighted by Crippen LogP contribution is 2.43.